The molecule has 0 saturated carbocycles. The molecule has 2 unspecified atom stereocenters. The van der Waals surface area contributed by atoms with Crippen molar-refractivity contribution < 1.29 is 14.7 Å². The minimum absolute atomic E-state index is 0.0866. The minimum atomic E-state index is -0.959. The topological polar surface area (TPSA) is 69.6 Å². The molecule has 5 nitrogen and oxygen atoms in total. The second-order valence-corrected chi connectivity index (χ2v) is 4.38. The van der Waals surface area contributed by atoms with Gasteiger partial charge in [-0.3, -0.25) is 9.59 Å². The molecule has 16 heavy (non-hydrogen) atoms. The van der Waals surface area contributed by atoms with E-state index in [0.29, 0.717) is 12.5 Å². The van der Waals surface area contributed by atoms with Gasteiger partial charge in [-0.1, -0.05) is 6.92 Å². The molecule has 0 radical (unpaired) electrons. The maximum Gasteiger partial charge on any atom is 0.323 e. The molecule has 1 aliphatic rings. The molecule has 1 amide bonds. The summed E-state index contributed by atoms with van der Waals surface area (Å²) in [6.07, 6.45) is 1.88. The van der Waals surface area contributed by atoms with Crippen molar-refractivity contribution >= 4 is 11.9 Å². The average molecular weight is 228 g/mol. The Hall–Kier alpha value is -1.10. The first kappa shape index (κ1) is 13.0. The molecule has 1 rings (SSSR count). The number of nitrogens with one attached hydrogen (secondary N) is 1. The quantitative estimate of drug-likeness (QED) is 0.726. The van der Waals surface area contributed by atoms with Gasteiger partial charge in [0.1, 0.15) is 6.54 Å². The van der Waals surface area contributed by atoms with Gasteiger partial charge in [0.05, 0.1) is 6.04 Å². The Kier molecular flexibility index (Phi) is 4.73. The van der Waals surface area contributed by atoms with Crippen LogP contribution >= 0.6 is 0 Å². The summed E-state index contributed by atoms with van der Waals surface area (Å²) < 4.78 is 0. The Morgan fingerprint density at radius 2 is 2.19 bits per heavy atom. The maximum absolute atomic E-state index is 12.0. The zero-order valence-electron chi connectivity index (χ0n) is 9.90. The number of amides is 1. The first-order chi connectivity index (χ1) is 7.54. The van der Waals surface area contributed by atoms with E-state index in [1.54, 1.807) is 6.92 Å². The van der Waals surface area contributed by atoms with Crippen LogP contribution in [0.3, 0.4) is 0 Å². The van der Waals surface area contributed by atoms with E-state index in [0.717, 1.165) is 19.4 Å². The fraction of sp³-hybridized carbons (Fsp3) is 0.818. The van der Waals surface area contributed by atoms with Crippen molar-refractivity contribution in [3.05, 3.63) is 0 Å². The van der Waals surface area contributed by atoms with Crippen LogP contribution in [-0.4, -0.2) is 47.6 Å². The number of carbonyl (C=O) groups excluding carboxylic acids is 1. The van der Waals surface area contributed by atoms with Gasteiger partial charge in [-0.25, -0.2) is 0 Å². The van der Waals surface area contributed by atoms with Gasteiger partial charge in [-0.05, 0) is 32.2 Å². The number of rotatable bonds is 4. The average Bonchev–Trinajstić information content (AvgIpc) is 2.24. The number of likely N-dealkylation sites (N-methyl/N-ethyl adjacent to an activating group) is 1. The summed E-state index contributed by atoms with van der Waals surface area (Å²) in [6.45, 7) is 4.99. The van der Waals surface area contributed by atoms with Gasteiger partial charge < -0.3 is 15.3 Å². The van der Waals surface area contributed by atoms with Crippen molar-refractivity contribution in [3.63, 3.8) is 0 Å². The monoisotopic (exact) mass is 228 g/mol. The van der Waals surface area contributed by atoms with Crippen LogP contribution in [0, 0.1) is 5.92 Å². The first-order valence-corrected chi connectivity index (χ1v) is 5.78. The summed E-state index contributed by atoms with van der Waals surface area (Å²) in [7, 11) is 0. The van der Waals surface area contributed by atoms with Crippen molar-refractivity contribution in [3.8, 4) is 0 Å². The number of carboxylic acids is 1. The first-order valence-electron chi connectivity index (χ1n) is 5.78. The van der Waals surface area contributed by atoms with E-state index < -0.39 is 5.97 Å². The molecule has 0 bridgehead atoms. The Morgan fingerprint density at radius 3 is 2.69 bits per heavy atom. The Morgan fingerprint density at radius 1 is 1.50 bits per heavy atom. The molecule has 1 fully saturated rings. The zero-order chi connectivity index (χ0) is 12.1. The highest BCUT2D eigenvalue weighted by Crippen LogP contribution is 2.16. The highest BCUT2D eigenvalue weighted by atomic mass is 16.4. The van der Waals surface area contributed by atoms with E-state index in [1.165, 1.54) is 4.90 Å². The number of nitrogens with zero attached hydrogens (tertiary/aromatic N) is 1. The van der Waals surface area contributed by atoms with Gasteiger partial charge in [0, 0.05) is 6.54 Å². The number of piperidine rings is 1. The van der Waals surface area contributed by atoms with Crippen LogP contribution in [0.2, 0.25) is 0 Å². The van der Waals surface area contributed by atoms with Crippen LogP contribution in [0.1, 0.15) is 26.7 Å². The fourth-order valence-electron chi connectivity index (χ4n) is 2.02. The van der Waals surface area contributed by atoms with E-state index in [4.69, 9.17) is 5.11 Å². The molecule has 0 aromatic rings. The molecule has 2 atom stereocenters. The predicted molar refractivity (Wildman–Crippen MR) is 60.1 cm³/mol. The summed E-state index contributed by atoms with van der Waals surface area (Å²) in [5, 5.41) is 11.9. The highest BCUT2D eigenvalue weighted by molar-refractivity contribution is 5.85. The number of carbonyl (C=O) groups is 2. The van der Waals surface area contributed by atoms with Gasteiger partial charge in [-0.2, -0.15) is 0 Å². The summed E-state index contributed by atoms with van der Waals surface area (Å²) >= 11 is 0. The van der Waals surface area contributed by atoms with E-state index in [-0.39, 0.29) is 18.5 Å². The summed E-state index contributed by atoms with van der Waals surface area (Å²) in [5.41, 5.74) is 0. The molecule has 0 aliphatic carbocycles. The molecule has 92 valence electrons. The lowest BCUT2D eigenvalue weighted by molar-refractivity contribution is -0.145. The van der Waals surface area contributed by atoms with E-state index in [9.17, 15) is 9.59 Å². The van der Waals surface area contributed by atoms with Crippen molar-refractivity contribution in [2.75, 3.05) is 19.6 Å². The van der Waals surface area contributed by atoms with E-state index in [2.05, 4.69) is 12.2 Å². The Bertz CT molecular complexity index is 268. The van der Waals surface area contributed by atoms with Crippen LogP contribution in [0.4, 0.5) is 0 Å². The van der Waals surface area contributed by atoms with Gasteiger partial charge in [-0.15, -0.1) is 0 Å². The lowest BCUT2D eigenvalue weighted by Gasteiger charge is -2.31. The van der Waals surface area contributed by atoms with Crippen LogP contribution < -0.4 is 5.32 Å². The lowest BCUT2D eigenvalue weighted by Crippen LogP contribution is -2.51. The summed E-state index contributed by atoms with van der Waals surface area (Å²) in [5.74, 6) is -0.519. The van der Waals surface area contributed by atoms with Crippen LogP contribution in [0.5, 0.6) is 0 Å². The standard InChI is InChI=1S/C11H20N2O3/c1-3-13(7-10(14)15)11(16)9-6-8(2)4-5-12-9/h8-9,12H,3-7H2,1-2H3,(H,14,15). The number of aliphatic carboxylic acids is 1. The third-order valence-electron chi connectivity index (χ3n) is 2.98. The van der Waals surface area contributed by atoms with Crippen molar-refractivity contribution in [2.24, 2.45) is 5.92 Å². The molecule has 0 spiro atoms. The second kappa shape index (κ2) is 5.84. The fourth-order valence-corrected chi connectivity index (χ4v) is 2.02. The van der Waals surface area contributed by atoms with Crippen molar-refractivity contribution in [2.45, 2.75) is 32.7 Å². The van der Waals surface area contributed by atoms with Gasteiger partial charge in [0.2, 0.25) is 5.91 Å². The summed E-state index contributed by atoms with van der Waals surface area (Å²) in [4.78, 5) is 24.0. The maximum atomic E-state index is 12.0. The Balaban J connectivity index is 2.56. The van der Waals surface area contributed by atoms with E-state index in [1.807, 2.05) is 0 Å². The summed E-state index contributed by atoms with van der Waals surface area (Å²) in [6, 6.07) is -0.206. The third-order valence-corrected chi connectivity index (χ3v) is 2.98. The molecular weight excluding hydrogens is 208 g/mol. The number of hydrogen-bond donors (Lipinski definition) is 2. The molecule has 5 heteroatoms. The second-order valence-electron chi connectivity index (χ2n) is 4.38. The molecule has 1 aliphatic heterocycles. The van der Waals surface area contributed by atoms with Gasteiger partial charge >= 0.3 is 5.97 Å². The zero-order valence-corrected chi connectivity index (χ0v) is 9.90. The van der Waals surface area contributed by atoms with Crippen molar-refractivity contribution in [1.29, 1.82) is 0 Å². The SMILES string of the molecule is CCN(CC(=O)O)C(=O)C1CC(C)CCN1. The molecule has 2 N–H and O–H groups in total. The molecular formula is C11H20N2O3. The normalized spacial score (nSPS) is 25.1. The Labute approximate surface area is 95.8 Å². The van der Waals surface area contributed by atoms with Crippen LogP contribution in [0.25, 0.3) is 0 Å². The molecule has 1 saturated heterocycles. The molecule has 0 aromatic carbocycles. The number of carboxylic acid groups (broad SMARTS) is 1. The minimum Gasteiger partial charge on any atom is -0.480 e. The van der Waals surface area contributed by atoms with Crippen molar-refractivity contribution in [1.82, 2.24) is 10.2 Å². The van der Waals surface area contributed by atoms with Crippen LogP contribution in [-0.2, 0) is 9.59 Å². The van der Waals surface area contributed by atoms with Gasteiger partial charge in [0.15, 0.2) is 0 Å². The number of hydrogen-bond acceptors (Lipinski definition) is 3. The van der Waals surface area contributed by atoms with Gasteiger partial charge in [0.25, 0.3) is 0 Å². The highest BCUT2D eigenvalue weighted by Gasteiger charge is 2.28. The smallest absolute Gasteiger partial charge is 0.323 e. The largest absolute Gasteiger partial charge is 0.480 e. The van der Waals surface area contributed by atoms with Crippen LogP contribution in [0.15, 0.2) is 0 Å². The third kappa shape index (κ3) is 3.48. The molecule has 1 heterocycles. The predicted octanol–water partition coefficient (Wildman–Crippen LogP) is 0.308. The lowest BCUT2D eigenvalue weighted by atomic mass is 9.93. The van der Waals surface area contributed by atoms with E-state index >= 15 is 0 Å². The molecule has 0 aromatic heterocycles.